The summed E-state index contributed by atoms with van der Waals surface area (Å²) in [6, 6.07) is 20.3. The highest BCUT2D eigenvalue weighted by molar-refractivity contribution is 7.89. The molecule has 0 unspecified atom stereocenters. The minimum Gasteiger partial charge on any atom is -0.483 e. The van der Waals surface area contributed by atoms with Crippen molar-refractivity contribution in [2.45, 2.75) is 25.3 Å². The zero-order valence-corrected chi connectivity index (χ0v) is 18.6. The first kappa shape index (κ1) is 23.2. The quantitative estimate of drug-likeness (QED) is 0.482. The van der Waals surface area contributed by atoms with Crippen LogP contribution < -0.4 is 14.8 Å². The Kier molecular flexibility index (Phi) is 7.40. The average Bonchev–Trinajstić information content (AvgIpc) is 2.78. The minimum atomic E-state index is -3.69. The maximum absolute atomic E-state index is 12.6. The van der Waals surface area contributed by atoms with Crippen LogP contribution in [-0.4, -0.2) is 26.7 Å². The topological polar surface area (TPSA) is 102 Å². The number of aryl methyl sites for hydroxylation is 1. The number of amides is 1. The van der Waals surface area contributed by atoms with Crippen molar-refractivity contribution in [3.63, 3.8) is 0 Å². The first-order valence-electron chi connectivity index (χ1n) is 9.92. The van der Waals surface area contributed by atoms with Gasteiger partial charge in [-0.3, -0.25) is 9.59 Å². The summed E-state index contributed by atoms with van der Waals surface area (Å²) >= 11 is 0. The third kappa shape index (κ3) is 6.26. The summed E-state index contributed by atoms with van der Waals surface area (Å²) < 4.78 is 33.3. The lowest BCUT2D eigenvalue weighted by Gasteiger charge is -2.12. The van der Waals surface area contributed by atoms with Gasteiger partial charge in [-0.05, 0) is 55.3 Å². The zero-order chi connectivity index (χ0) is 23.1. The van der Waals surface area contributed by atoms with Gasteiger partial charge < -0.3 is 10.1 Å². The molecule has 0 aliphatic heterocycles. The summed E-state index contributed by atoms with van der Waals surface area (Å²) in [6.45, 7) is 3.09. The summed E-state index contributed by atoms with van der Waals surface area (Å²) in [5.74, 6) is -0.0905. The molecule has 3 rings (SSSR count). The molecular weight excluding hydrogens is 428 g/mol. The smallest absolute Gasteiger partial charge is 0.262 e. The summed E-state index contributed by atoms with van der Waals surface area (Å²) in [4.78, 5) is 23.8. The summed E-state index contributed by atoms with van der Waals surface area (Å²) in [5, 5.41) is 2.67. The Morgan fingerprint density at radius 3 is 2.38 bits per heavy atom. The molecule has 166 valence electrons. The molecule has 0 spiro atoms. The van der Waals surface area contributed by atoms with Crippen LogP contribution >= 0.6 is 0 Å². The van der Waals surface area contributed by atoms with Gasteiger partial charge in [-0.25, -0.2) is 13.1 Å². The molecule has 0 aliphatic rings. The van der Waals surface area contributed by atoms with Crippen LogP contribution in [0.15, 0.2) is 77.7 Å². The van der Waals surface area contributed by atoms with Crippen molar-refractivity contribution in [1.82, 2.24) is 4.72 Å². The summed E-state index contributed by atoms with van der Waals surface area (Å²) in [5.41, 5.74) is 2.43. The first-order chi connectivity index (χ1) is 15.2. The lowest BCUT2D eigenvalue weighted by molar-refractivity contribution is -0.118. The monoisotopic (exact) mass is 452 g/mol. The van der Waals surface area contributed by atoms with Gasteiger partial charge in [0.1, 0.15) is 5.75 Å². The number of ketones is 1. The van der Waals surface area contributed by atoms with E-state index in [9.17, 15) is 18.0 Å². The molecule has 7 nitrogen and oxygen atoms in total. The molecule has 0 radical (unpaired) electrons. The van der Waals surface area contributed by atoms with Crippen LogP contribution in [-0.2, 0) is 21.4 Å². The Morgan fingerprint density at radius 1 is 0.938 bits per heavy atom. The van der Waals surface area contributed by atoms with E-state index in [4.69, 9.17) is 4.74 Å². The number of Topliss-reactive ketones (excluding diaryl/α,β-unsaturated/α-hetero) is 1. The van der Waals surface area contributed by atoms with E-state index in [2.05, 4.69) is 10.0 Å². The maximum atomic E-state index is 12.6. The molecule has 3 aromatic rings. The van der Waals surface area contributed by atoms with E-state index in [1.165, 1.54) is 25.1 Å². The van der Waals surface area contributed by atoms with Crippen LogP contribution in [0.5, 0.6) is 5.75 Å². The van der Waals surface area contributed by atoms with Crippen molar-refractivity contribution in [2.75, 3.05) is 11.9 Å². The number of rotatable bonds is 9. The molecule has 0 saturated carbocycles. The lowest BCUT2D eigenvalue weighted by Crippen LogP contribution is -2.23. The van der Waals surface area contributed by atoms with Crippen molar-refractivity contribution in [2.24, 2.45) is 0 Å². The van der Waals surface area contributed by atoms with E-state index in [-0.39, 0.29) is 23.8 Å². The molecular formula is C24H24N2O5S. The fraction of sp³-hybridized carbons (Fsp3) is 0.167. The van der Waals surface area contributed by atoms with Gasteiger partial charge >= 0.3 is 0 Å². The van der Waals surface area contributed by atoms with E-state index in [1.807, 2.05) is 30.3 Å². The van der Waals surface area contributed by atoms with Crippen LogP contribution in [0.1, 0.15) is 28.4 Å². The Bertz CT molecular complexity index is 1220. The Morgan fingerprint density at radius 2 is 1.69 bits per heavy atom. The van der Waals surface area contributed by atoms with Gasteiger partial charge in [0.25, 0.3) is 5.91 Å². The van der Waals surface area contributed by atoms with Crippen molar-refractivity contribution in [1.29, 1.82) is 0 Å². The second-order valence-corrected chi connectivity index (χ2v) is 8.98. The summed E-state index contributed by atoms with van der Waals surface area (Å²) in [7, 11) is -3.69. The SMILES string of the molecule is CC(=O)c1cccc(NC(=O)COc2ccc(S(=O)(=O)NCc3ccccc3)cc2C)c1. The predicted octanol–water partition coefficient (Wildman–Crippen LogP) is 3.69. The number of nitrogens with one attached hydrogen (secondary N) is 2. The summed E-state index contributed by atoms with van der Waals surface area (Å²) in [6.07, 6.45) is 0. The molecule has 0 saturated heterocycles. The number of carbonyl (C=O) groups excluding carboxylic acids is 2. The third-order valence-electron chi connectivity index (χ3n) is 4.68. The van der Waals surface area contributed by atoms with Crippen molar-refractivity contribution in [3.8, 4) is 5.75 Å². The highest BCUT2D eigenvalue weighted by atomic mass is 32.2. The van der Waals surface area contributed by atoms with Gasteiger partial charge in [0.05, 0.1) is 4.90 Å². The molecule has 0 atom stereocenters. The lowest BCUT2D eigenvalue weighted by atomic mass is 10.1. The number of ether oxygens (including phenoxy) is 1. The number of hydrogen-bond acceptors (Lipinski definition) is 5. The number of hydrogen-bond donors (Lipinski definition) is 2. The largest absolute Gasteiger partial charge is 0.483 e. The number of carbonyl (C=O) groups is 2. The Labute approximate surface area is 187 Å². The van der Waals surface area contributed by atoms with Gasteiger partial charge in [-0.1, -0.05) is 42.5 Å². The average molecular weight is 453 g/mol. The Balaban J connectivity index is 1.59. The van der Waals surface area contributed by atoms with Crippen LogP contribution in [0.2, 0.25) is 0 Å². The third-order valence-corrected chi connectivity index (χ3v) is 6.08. The predicted molar refractivity (Wildman–Crippen MR) is 122 cm³/mol. The van der Waals surface area contributed by atoms with Crippen LogP contribution in [0.25, 0.3) is 0 Å². The number of benzene rings is 3. The number of anilines is 1. The van der Waals surface area contributed by atoms with E-state index >= 15 is 0 Å². The Hall–Kier alpha value is -3.49. The molecule has 2 N–H and O–H groups in total. The molecule has 8 heteroatoms. The van der Waals surface area contributed by atoms with Gasteiger partial charge in [0, 0.05) is 17.8 Å². The van der Waals surface area contributed by atoms with Crippen molar-refractivity contribution in [3.05, 3.63) is 89.5 Å². The first-order valence-corrected chi connectivity index (χ1v) is 11.4. The van der Waals surface area contributed by atoms with Crippen LogP contribution in [0.3, 0.4) is 0 Å². The molecule has 3 aromatic carbocycles. The fourth-order valence-electron chi connectivity index (χ4n) is 2.96. The highest BCUT2D eigenvalue weighted by Gasteiger charge is 2.16. The van der Waals surface area contributed by atoms with Crippen LogP contribution in [0.4, 0.5) is 5.69 Å². The molecule has 1 amide bonds. The zero-order valence-electron chi connectivity index (χ0n) is 17.8. The van der Waals surface area contributed by atoms with E-state index in [0.29, 0.717) is 22.6 Å². The second-order valence-electron chi connectivity index (χ2n) is 7.21. The minimum absolute atomic E-state index is 0.0960. The fourth-order valence-corrected chi connectivity index (χ4v) is 4.07. The van der Waals surface area contributed by atoms with Gasteiger partial charge in [0.15, 0.2) is 12.4 Å². The van der Waals surface area contributed by atoms with Crippen LogP contribution in [0, 0.1) is 6.92 Å². The van der Waals surface area contributed by atoms with Gasteiger partial charge in [0.2, 0.25) is 10.0 Å². The molecule has 0 aromatic heterocycles. The number of sulfonamides is 1. The van der Waals surface area contributed by atoms with Crippen molar-refractivity contribution >= 4 is 27.4 Å². The van der Waals surface area contributed by atoms with E-state index < -0.39 is 15.9 Å². The van der Waals surface area contributed by atoms with E-state index in [1.54, 1.807) is 31.2 Å². The molecule has 0 fully saturated rings. The van der Waals surface area contributed by atoms with Gasteiger partial charge in [-0.2, -0.15) is 0 Å². The molecule has 0 bridgehead atoms. The molecule has 0 aliphatic carbocycles. The molecule has 32 heavy (non-hydrogen) atoms. The maximum Gasteiger partial charge on any atom is 0.262 e. The second kappa shape index (κ2) is 10.2. The highest BCUT2D eigenvalue weighted by Crippen LogP contribution is 2.22. The van der Waals surface area contributed by atoms with Gasteiger partial charge in [-0.15, -0.1) is 0 Å². The normalized spacial score (nSPS) is 11.1. The molecule has 0 heterocycles. The van der Waals surface area contributed by atoms with Crippen molar-refractivity contribution < 1.29 is 22.7 Å². The van der Waals surface area contributed by atoms with E-state index in [0.717, 1.165) is 5.56 Å². The standard InChI is InChI=1S/C24H24N2O5S/c1-17-13-22(32(29,30)25-15-19-7-4-3-5-8-19)11-12-23(17)31-16-24(28)26-21-10-6-9-20(14-21)18(2)27/h3-14,25H,15-16H2,1-2H3,(H,26,28).